The van der Waals surface area contributed by atoms with E-state index in [-0.39, 0.29) is 0 Å². The molecule has 0 unspecified atom stereocenters. The number of rotatable bonds is 7. The zero-order chi connectivity index (χ0) is 20.5. The maximum Gasteiger partial charge on any atom is 0.258 e. The van der Waals surface area contributed by atoms with Crippen molar-refractivity contribution in [1.29, 1.82) is 0 Å². The summed E-state index contributed by atoms with van der Waals surface area (Å²) < 4.78 is 18.7. The molecule has 28 heavy (non-hydrogen) atoms. The number of benzene rings is 2. The maximum atomic E-state index is 7.04. The van der Waals surface area contributed by atoms with E-state index < -0.39 is 8.32 Å². The average molecular weight is 397 g/mol. The van der Waals surface area contributed by atoms with Gasteiger partial charge in [-0.1, -0.05) is 71.9 Å². The first-order valence-corrected chi connectivity index (χ1v) is 12.3. The van der Waals surface area contributed by atoms with E-state index in [0.717, 1.165) is 33.6 Å². The molecule has 4 heteroatoms. The van der Waals surface area contributed by atoms with Crippen molar-refractivity contribution in [2.24, 2.45) is 0 Å². The molecule has 3 aromatic rings. The second-order valence-electron chi connectivity index (χ2n) is 8.40. The van der Waals surface area contributed by atoms with Crippen LogP contribution in [0, 0.1) is 0 Å². The molecule has 2 aromatic carbocycles. The fourth-order valence-corrected chi connectivity index (χ4v) is 10.00. The highest BCUT2D eigenvalue weighted by Gasteiger charge is 2.47. The van der Waals surface area contributed by atoms with Gasteiger partial charge in [0.1, 0.15) is 5.75 Å². The summed E-state index contributed by atoms with van der Waals surface area (Å²) in [4.78, 5) is 0. The standard InChI is InChI=1S/C24H32O3Si/c1-16(2)28(17(3)4,18(5)6)27-22-15-21(19-11-9-8-10-12-19)23(25-7)24-20(22)13-14-26-24/h8-18H,1-7H3. The first-order chi connectivity index (χ1) is 13.3. The van der Waals surface area contributed by atoms with Gasteiger partial charge in [-0.2, -0.15) is 0 Å². The highest BCUT2D eigenvalue weighted by molar-refractivity contribution is 6.78. The first kappa shape index (κ1) is 20.5. The molecule has 0 amide bonds. The van der Waals surface area contributed by atoms with Crippen molar-refractivity contribution in [1.82, 2.24) is 0 Å². The van der Waals surface area contributed by atoms with E-state index in [0.29, 0.717) is 16.6 Å². The van der Waals surface area contributed by atoms with Crippen LogP contribution in [0.3, 0.4) is 0 Å². The fraction of sp³-hybridized carbons (Fsp3) is 0.417. The van der Waals surface area contributed by atoms with Crippen molar-refractivity contribution in [2.45, 2.75) is 58.2 Å². The molecule has 1 heterocycles. The molecule has 0 spiro atoms. The predicted octanol–water partition coefficient (Wildman–Crippen LogP) is 7.66. The zero-order valence-corrected chi connectivity index (χ0v) is 19.1. The Bertz CT molecular complexity index is 904. The van der Waals surface area contributed by atoms with Gasteiger partial charge >= 0.3 is 0 Å². The Labute approximate surface area is 169 Å². The molecule has 0 bridgehead atoms. The predicted molar refractivity (Wildman–Crippen MR) is 120 cm³/mol. The second kappa shape index (κ2) is 8.04. The number of methoxy groups -OCH3 is 1. The molecule has 0 fully saturated rings. The van der Waals surface area contributed by atoms with Gasteiger partial charge in [0.15, 0.2) is 11.3 Å². The molecule has 3 nitrogen and oxygen atoms in total. The lowest BCUT2D eigenvalue weighted by Gasteiger charge is -2.42. The molecule has 0 N–H and O–H groups in total. The summed E-state index contributed by atoms with van der Waals surface area (Å²) in [5, 5.41) is 0.982. The molecule has 150 valence electrons. The van der Waals surface area contributed by atoms with Crippen molar-refractivity contribution in [3.05, 3.63) is 48.7 Å². The Kier molecular flexibility index (Phi) is 5.89. The molecule has 0 aliphatic heterocycles. The third kappa shape index (κ3) is 3.35. The average Bonchev–Trinajstić information content (AvgIpc) is 3.15. The summed E-state index contributed by atoms with van der Waals surface area (Å²) in [6.45, 7) is 13.8. The Hall–Kier alpha value is -2.20. The Morgan fingerprint density at radius 3 is 2.00 bits per heavy atom. The van der Waals surface area contributed by atoms with Crippen LogP contribution in [0.5, 0.6) is 11.5 Å². The summed E-state index contributed by atoms with van der Waals surface area (Å²) in [7, 11) is -0.399. The van der Waals surface area contributed by atoms with E-state index in [1.165, 1.54) is 0 Å². The van der Waals surface area contributed by atoms with Gasteiger partial charge in [-0.3, -0.25) is 0 Å². The third-order valence-corrected chi connectivity index (χ3v) is 11.9. The molecular weight excluding hydrogens is 364 g/mol. The van der Waals surface area contributed by atoms with Crippen molar-refractivity contribution in [3.63, 3.8) is 0 Å². The minimum absolute atomic E-state index is 0.497. The first-order valence-electron chi connectivity index (χ1n) is 10.2. The zero-order valence-electron chi connectivity index (χ0n) is 18.1. The third-order valence-electron chi connectivity index (χ3n) is 5.94. The normalized spacial score (nSPS) is 12.4. The van der Waals surface area contributed by atoms with Gasteiger partial charge in [0.2, 0.25) is 0 Å². The lowest BCUT2D eigenvalue weighted by atomic mass is 10.0. The number of hydrogen-bond donors (Lipinski definition) is 0. The Morgan fingerprint density at radius 2 is 1.46 bits per heavy atom. The van der Waals surface area contributed by atoms with E-state index in [2.05, 4.69) is 59.7 Å². The number of fused-ring (bicyclic) bond motifs is 1. The Balaban J connectivity index is 2.25. The van der Waals surface area contributed by atoms with Crippen molar-refractivity contribution < 1.29 is 13.6 Å². The molecule has 1 aromatic heterocycles. The Morgan fingerprint density at radius 1 is 0.857 bits per heavy atom. The van der Waals surface area contributed by atoms with Gasteiger partial charge in [-0.25, -0.2) is 0 Å². The van der Waals surface area contributed by atoms with Crippen LogP contribution in [0.15, 0.2) is 53.1 Å². The van der Waals surface area contributed by atoms with Gasteiger partial charge in [0.05, 0.1) is 18.8 Å². The summed E-state index contributed by atoms with van der Waals surface area (Å²) in [6, 6.07) is 14.4. The lowest BCUT2D eigenvalue weighted by molar-refractivity contribution is 0.411. The number of furan rings is 1. The van der Waals surface area contributed by atoms with Gasteiger partial charge in [-0.15, -0.1) is 0 Å². The van der Waals surface area contributed by atoms with Crippen LogP contribution in [0.1, 0.15) is 41.5 Å². The maximum absolute atomic E-state index is 7.04. The largest absolute Gasteiger partial charge is 0.542 e. The van der Waals surface area contributed by atoms with Crippen LogP contribution < -0.4 is 9.16 Å². The van der Waals surface area contributed by atoms with Crippen molar-refractivity contribution in [3.8, 4) is 22.6 Å². The smallest absolute Gasteiger partial charge is 0.258 e. The summed E-state index contributed by atoms with van der Waals surface area (Å²) in [5.41, 5.74) is 4.33. The molecule has 0 radical (unpaired) electrons. The van der Waals surface area contributed by atoms with E-state index in [9.17, 15) is 0 Å². The van der Waals surface area contributed by atoms with Crippen LogP contribution in [0.4, 0.5) is 0 Å². The van der Waals surface area contributed by atoms with Crippen molar-refractivity contribution in [2.75, 3.05) is 7.11 Å². The van der Waals surface area contributed by atoms with Gasteiger partial charge in [0.25, 0.3) is 8.32 Å². The van der Waals surface area contributed by atoms with Gasteiger partial charge < -0.3 is 13.6 Å². The van der Waals surface area contributed by atoms with Crippen LogP contribution in [-0.2, 0) is 0 Å². The van der Waals surface area contributed by atoms with E-state index in [1.54, 1.807) is 13.4 Å². The SMILES string of the molecule is COc1c(-c2ccccc2)cc(O[Si](C(C)C)(C(C)C)C(C)C)c2ccoc12. The number of hydrogen-bond acceptors (Lipinski definition) is 3. The monoisotopic (exact) mass is 396 g/mol. The highest BCUT2D eigenvalue weighted by Crippen LogP contribution is 2.47. The minimum Gasteiger partial charge on any atom is -0.542 e. The van der Waals surface area contributed by atoms with E-state index in [4.69, 9.17) is 13.6 Å². The highest BCUT2D eigenvalue weighted by atomic mass is 28.4. The van der Waals surface area contributed by atoms with E-state index >= 15 is 0 Å². The van der Waals surface area contributed by atoms with Crippen LogP contribution in [-0.4, -0.2) is 15.4 Å². The molecule has 0 aliphatic rings. The molecule has 3 rings (SSSR count). The molecular formula is C24H32O3Si. The quantitative estimate of drug-likeness (QED) is 0.384. The molecule has 0 saturated heterocycles. The van der Waals surface area contributed by atoms with Gasteiger partial charge in [0, 0.05) is 5.56 Å². The number of ether oxygens (including phenoxy) is 1. The molecule has 0 aliphatic carbocycles. The topological polar surface area (TPSA) is 31.6 Å². The van der Waals surface area contributed by atoms with Gasteiger partial charge in [-0.05, 0) is 34.3 Å². The van der Waals surface area contributed by atoms with E-state index in [1.807, 2.05) is 24.3 Å². The van der Waals surface area contributed by atoms with Crippen molar-refractivity contribution >= 4 is 19.3 Å². The molecule has 0 saturated carbocycles. The minimum atomic E-state index is -2.09. The van der Waals surface area contributed by atoms with Crippen LogP contribution in [0.25, 0.3) is 22.1 Å². The summed E-state index contributed by atoms with van der Waals surface area (Å²) in [5.74, 6) is 1.66. The molecule has 0 atom stereocenters. The fourth-order valence-electron chi connectivity index (χ4n) is 4.74. The summed E-state index contributed by atoms with van der Waals surface area (Å²) in [6.07, 6.45) is 1.72. The summed E-state index contributed by atoms with van der Waals surface area (Å²) >= 11 is 0. The van der Waals surface area contributed by atoms with Crippen LogP contribution in [0.2, 0.25) is 16.6 Å². The van der Waals surface area contributed by atoms with Crippen LogP contribution >= 0.6 is 0 Å². The lowest BCUT2D eigenvalue weighted by Crippen LogP contribution is -2.50. The second-order valence-corrected chi connectivity index (χ2v) is 13.8.